The van der Waals surface area contributed by atoms with Crippen molar-refractivity contribution in [1.82, 2.24) is 19.7 Å². The smallest absolute Gasteiger partial charge is 0.336 e. The van der Waals surface area contributed by atoms with Gasteiger partial charge in [0.05, 0.1) is 17.3 Å². The molecule has 0 atom stereocenters. The van der Waals surface area contributed by atoms with Crippen molar-refractivity contribution in [2.45, 2.75) is 44.2 Å². The van der Waals surface area contributed by atoms with Gasteiger partial charge in [-0.05, 0) is 57.0 Å². The fourth-order valence-electron chi connectivity index (χ4n) is 4.40. The van der Waals surface area contributed by atoms with E-state index >= 15 is 0 Å². The summed E-state index contributed by atoms with van der Waals surface area (Å²) in [6, 6.07) is 12.8. The molecule has 0 spiro atoms. The molecule has 1 aliphatic carbocycles. The van der Waals surface area contributed by atoms with Gasteiger partial charge in [0.25, 0.3) is 0 Å². The van der Waals surface area contributed by atoms with Crippen LogP contribution >= 0.6 is 0 Å². The van der Waals surface area contributed by atoms with Gasteiger partial charge in [-0.15, -0.1) is 0 Å². The molecule has 0 aliphatic heterocycles. The molecular weight excluding hydrogens is 376 g/mol. The Bertz CT molecular complexity index is 1010. The molecule has 6 heteroatoms. The molecule has 156 valence electrons. The van der Waals surface area contributed by atoms with Crippen molar-refractivity contribution in [3.63, 3.8) is 0 Å². The lowest BCUT2D eigenvalue weighted by Gasteiger charge is -2.32. The summed E-state index contributed by atoms with van der Waals surface area (Å²) < 4.78 is 2.11. The van der Waals surface area contributed by atoms with Gasteiger partial charge in [-0.2, -0.15) is 5.10 Å². The molecular formula is C24H28N4O2. The number of hydrogen-bond donors (Lipinski definition) is 1. The number of aromatic carboxylic acids is 1. The fourth-order valence-corrected chi connectivity index (χ4v) is 4.40. The zero-order chi connectivity index (χ0) is 21.1. The molecule has 3 aromatic rings. The van der Waals surface area contributed by atoms with E-state index in [2.05, 4.69) is 47.0 Å². The number of pyridine rings is 1. The van der Waals surface area contributed by atoms with Crippen molar-refractivity contribution in [3.8, 4) is 11.1 Å². The monoisotopic (exact) mass is 404 g/mol. The van der Waals surface area contributed by atoms with Crippen molar-refractivity contribution in [1.29, 1.82) is 0 Å². The van der Waals surface area contributed by atoms with Crippen LogP contribution in [-0.2, 0) is 6.42 Å². The van der Waals surface area contributed by atoms with Crippen LogP contribution in [0.1, 0.15) is 53.3 Å². The van der Waals surface area contributed by atoms with Gasteiger partial charge in [0.1, 0.15) is 0 Å². The minimum Gasteiger partial charge on any atom is -0.478 e. The molecule has 1 N–H and O–H groups in total. The second-order valence-electron chi connectivity index (χ2n) is 8.28. The molecule has 1 saturated carbocycles. The third kappa shape index (κ3) is 4.28. The van der Waals surface area contributed by atoms with E-state index in [0.29, 0.717) is 24.1 Å². The summed E-state index contributed by atoms with van der Waals surface area (Å²) in [7, 11) is 4.30. The second-order valence-corrected chi connectivity index (χ2v) is 8.28. The molecule has 0 amide bonds. The van der Waals surface area contributed by atoms with Gasteiger partial charge in [-0.25, -0.2) is 4.79 Å². The summed E-state index contributed by atoms with van der Waals surface area (Å²) in [5.41, 5.74) is 4.02. The topological polar surface area (TPSA) is 71.2 Å². The Morgan fingerprint density at radius 2 is 1.87 bits per heavy atom. The zero-order valence-corrected chi connectivity index (χ0v) is 17.5. The molecule has 4 rings (SSSR count). The van der Waals surface area contributed by atoms with Gasteiger partial charge < -0.3 is 10.0 Å². The molecule has 6 nitrogen and oxygen atoms in total. The average molecular weight is 405 g/mol. The summed E-state index contributed by atoms with van der Waals surface area (Å²) in [4.78, 5) is 18.1. The van der Waals surface area contributed by atoms with Crippen molar-refractivity contribution in [2.75, 3.05) is 14.1 Å². The Morgan fingerprint density at radius 3 is 2.53 bits per heavy atom. The first-order valence-electron chi connectivity index (χ1n) is 10.5. The maximum Gasteiger partial charge on any atom is 0.336 e. The van der Waals surface area contributed by atoms with E-state index in [1.165, 1.54) is 19.0 Å². The lowest BCUT2D eigenvalue weighted by molar-refractivity contribution is 0.0695. The average Bonchev–Trinajstić information content (AvgIpc) is 3.18. The maximum atomic E-state index is 11.6. The van der Waals surface area contributed by atoms with E-state index in [4.69, 9.17) is 5.10 Å². The number of carbonyl (C=O) groups is 1. The first-order chi connectivity index (χ1) is 14.5. The molecule has 1 fully saturated rings. The third-order valence-electron chi connectivity index (χ3n) is 6.16. The second kappa shape index (κ2) is 8.79. The molecule has 2 heterocycles. The lowest BCUT2D eigenvalue weighted by Crippen LogP contribution is -2.32. The van der Waals surface area contributed by atoms with E-state index in [1.54, 1.807) is 12.3 Å². The Labute approximate surface area is 177 Å². The molecule has 2 aromatic heterocycles. The molecule has 30 heavy (non-hydrogen) atoms. The predicted octanol–water partition coefficient (Wildman–Crippen LogP) is 4.28. The largest absolute Gasteiger partial charge is 0.478 e. The van der Waals surface area contributed by atoms with Gasteiger partial charge in [0.15, 0.2) is 0 Å². The first-order valence-corrected chi connectivity index (χ1v) is 10.5. The van der Waals surface area contributed by atoms with Crippen LogP contribution in [0.5, 0.6) is 0 Å². The number of rotatable bonds is 6. The van der Waals surface area contributed by atoms with Crippen LogP contribution in [0.2, 0.25) is 0 Å². The SMILES string of the molecule is CN(C)C1CCC(n2cc(-c3ccccc3)c(Cc3cnccc3C(=O)O)n2)CC1. The van der Waals surface area contributed by atoms with Crippen LogP contribution in [0.4, 0.5) is 0 Å². The van der Waals surface area contributed by atoms with Crippen LogP contribution in [0.15, 0.2) is 55.0 Å². The minimum absolute atomic E-state index is 0.282. The highest BCUT2D eigenvalue weighted by Crippen LogP contribution is 2.33. The Balaban J connectivity index is 1.67. The normalized spacial score (nSPS) is 19.2. The summed E-state index contributed by atoms with van der Waals surface area (Å²) in [6.45, 7) is 0. The fraction of sp³-hybridized carbons (Fsp3) is 0.375. The standard InChI is InChI=1S/C24H28N4O2/c1-27(2)19-8-10-20(11-9-19)28-16-22(17-6-4-3-5-7-17)23(26-28)14-18-15-25-13-12-21(18)24(29)30/h3-7,12-13,15-16,19-20H,8-11,14H2,1-2H3,(H,29,30). The quantitative estimate of drug-likeness (QED) is 0.664. The highest BCUT2D eigenvalue weighted by Gasteiger charge is 2.25. The number of benzene rings is 1. The maximum absolute atomic E-state index is 11.6. The van der Waals surface area contributed by atoms with E-state index in [1.807, 2.05) is 18.2 Å². The Kier molecular flexibility index (Phi) is 5.95. The molecule has 0 saturated heterocycles. The van der Waals surface area contributed by atoms with Gasteiger partial charge in [0, 0.05) is 36.6 Å². The number of aromatic nitrogens is 3. The van der Waals surface area contributed by atoms with E-state index < -0.39 is 5.97 Å². The third-order valence-corrected chi connectivity index (χ3v) is 6.16. The van der Waals surface area contributed by atoms with Gasteiger partial charge in [0.2, 0.25) is 0 Å². The number of carboxylic acids is 1. The van der Waals surface area contributed by atoms with E-state index in [-0.39, 0.29) is 5.56 Å². The van der Waals surface area contributed by atoms with E-state index in [0.717, 1.165) is 29.7 Å². The van der Waals surface area contributed by atoms with Crippen molar-refractivity contribution >= 4 is 5.97 Å². The van der Waals surface area contributed by atoms with Gasteiger partial charge in [-0.3, -0.25) is 9.67 Å². The number of hydrogen-bond acceptors (Lipinski definition) is 4. The van der Waals surface area contributed by atoms with Crippen LogP contribution in [-0.4, -0.2) is 50.9 Å². The van der Waals surface area contributed by atoms with Crippen molar-refractivity contribution in [3.05, 3.63) is 71.8 Å². The van der Waals surface area contributed by atoms with E-state index in [9.17, 15) is 9.90 Å². The summed E-state index contributed by atoms with van der Waals surface area (Å²) in [5.74, 6) is -0.935. The summed E-state index contributed by atoms with van der Waals surface area (Å²) >= 11 is 0. The molecule has 0 radical (unpaired) electrons. The minimum atomic E-state index is -0.935. The van der Waals surface area contributed by atoms with Crippen LogP contribution in [0.25, 0.3) is 11.1 Å². The van der Waals surface area contributed by atoms with Crippen LogP contribution in [0, 0.1) is 0 Å². The Morgan fingerprint density at radius 1 is 1.13 bits per heavy atom. The first kappa shape index (κ1) is 20.3. The van der Waals surface area contributed by atoms with Crippen molar-refractivity contribution in [2.24, 2.45) is 0 Å². The summed E-state index contributed by atoms with van der Waals surface area (Å²) in [6.07, 6.45) is 10.3. The highest BCUT2D eigenvalue weighted by molar-refractivity contribution is 5.89. The van der Waals surface area contributed by atoms with Gasteiger partial charge in [-0.1, -0.05) is 30.3 Å². The lowest BCUT2D eigenvalue weighted by atomic mass is 9.90. The molecule has 1 aromatic carbocycles. The summed E-state index contributed by atoms with van der Waals surface area (Å²) in [5, 5.41) is 14.5. The Hall–Kier alpha value is -2.99. The predicted molar refractivity (Wildman–Crippen MR) is 117 cm³/mol. The number of nitrogens with zero attached hydrogens (tertiary/aromatic N) is 4. The zero-order valence-electron chi connectivity index (χ0n) is 17.5. The molecule has 1 aliphatic rings. The van der Waals surface area contributed by atoms with Crippen LogP contribution in [0.3, 0.4) is 0 Å². The van der Waals surface area contributed by atoms with Gasteiger partial charge >= 0.3 is 5.97 Å². The molecule has 0 bridgehead atoms. The highest BCUT2D eigenvalue weighted by atomic mass is 16.4. The van der Waals surface area contributed by atoms with Crippen molar-refractivity contribution < 1.29 is 9.90 Å². The number of carboxylic acid groups (broad SMARTS) is 1. The van der Waals surface area contributed by atoms with Crippen LogP contribution < -0.4 is 0 Å². The molecule has 0 unspecified atom stereocenters.